The number of nitrogens with one attached hydrogen (secondary N) is 1. The first kappa shape index (κ1) is 13.1. The number of hydrogen-bond acceptors (Lipinski definition) is 2. The Hall–Kier alpha value is -1.95. The second-order valence-corrected chi connectivity index (χ2v) is 5.15. The van der Waals surface area contributed by atoms with Gasteiger partial charge in [0.1, 0.15) is 17.3 Å². The van der Waals surface area contributed by atoms with Gasteiger partial charge in [-0.1, -0.05) is 6.07 Å². The molecule has 3 rings (SSSR count). The lowest BCUT2D eigenvalue weighted by Gasteiger charge is -2.08. The van der Waals surface area contributed by atoms with E-state index in [1.54, 1.807) is 0 Å². The van der Waals surface area contributed by atoms with Gasteiger partial charge in [0, 0.05) is 22.9 Å². The van der Waals surface area contributed by atoms with Crippen molar-refractivity contribution in [1.82, 2.24) is 9.38 Å². The average molecular weight is 338 g/mol. The summed E-state index contributed by atoms with van der Waals surface area (Å²) >= 11 is 3.14. The second-order valence-electron chi connectivity index (χ2n) is 4.30. The number of aromatic nitrogens is 2. The first-order valence-corrected chi connectivity index (χ1v) is 6.74. The highest BCUT2D eigenvalue weighted by Gasteiger charge is 2.10. The van der Waals surface area contributed by atoms with Crippen molar-refractivity contribution in [3.63, 3.8) is 0 Å². The molecule has 2 aromatic heterocycles. The van der Waals surface area contributed by atoms with E-state index in [4.69, 9.17) is 0 Å². The second kappa shape index (κ2) is 5.20. The lowest BCUT2D eigenvalue weighted by molar-refractivity contribution is 0.583. The van der Waals surface area contributed by atoms with Crippen LogP contribution in [0.4, 0.5) is 14.5 Å². The molecule has 20 heavy (non-hydrogen) atoms. The Bertz CT molecular complexity index is 714. The standard InChI is InChI=1S/C14H10BrF2N3/c15-11-5-9(16)6-12(17)14(11)18-7-10-8-20-4-2-1-3-13(20)19-10/h1-6,8,18H,7H2. The van der Waals surface area contributed by atoms with Crippen molar-refractivity contribution >= 4 is 27.3 Å². The van der Waals surface area contributed by atoms with Gasteiger partial charge >= 0.3 is 0 Å². The van der Waals surface area contributed by atoms with Gasteiger partial charge in [-0.3, -0.25) is 0 Å². The molecule has 0 radical (unpaired) electrons. The van der Waals surface area contributed by atoms with Gasteiger partial charge in [-0.2, -0.15) is 0 Å². The molecule has 0 aliphatic rings. The molecule has 0 spiro atoms. The number of anilines is 1. The predicted molar refractivity (Wildman–Crippen MR) is 76.6 cm³/mol. The van der Waals surface area contributed by atoms with E-state index >= 15 is 0 Å². The zero-order chi connectivity index (χ0) is 14.1. The van der Waals surface area contributed by atoms with Crippen LogP contribution in [0.15, 0.2) is 47.2 Å². The van der Waals surface area contributed by atoms with Crippen LogP contribution in [0.25, 0.3) is 5.65 Å². The van der Waals surface area contributed by atoms with E-state index in [1.807, 2.05) is 35.0 Å². The van der Waals surface area contributed by atoms with Gasteiger partial charge in [0.05, 0.1) is 17.9 Å². The molecule has 102 valence electrons. The number of benzene rings is 1. The minimum Gasteiger partial charge on any atom is -0.376 e. The van der Waals surface area contributed by atoms with Crippen molar-refractivity contribution in [1.29, 1.82) is 0 Å². The summed E-state index contributed by atoms with van der Waals surface area (Å²) in [7, 11) is 0. The maximum atomic E-state index is 13.7. The number of halogens is 3. The van der Waals surface area contributed by atoms with E-state index < -0.39 is 11.6 Å². The van der Waals surface area contributed by atoms with E-state index in [9.17, 15) is 8.78 Å². The molecule has 3 aromatic rings. The zero-order valence-corrected chi connectivity index (χ0v) is 11.9. The molecule has 1 aromatic carbocycles. The summed E-state index contributed by atoms with van der Waals surface area (Å²) < 4.78 is 28.9. The lowest BCUT2D eigenvalue weighted by Crippen LogP contribution is -2.03. The average Bonchev–Trinajstić information content (AvgIpc) is 2.80. The van der Waals surface area contributed by atoms with E-state index in [0.717, 1.165) is 17.4 Å². The van der Waals surface area contributed by atoms with Crippen LogP contribution in [0.5, 0.6) is 0 Å². The predicted octanol–water partition coefficient (Wildman–Crippen LogP) is 3.99. The Morgan fingerprint density at radius 3 is 2.85 bits per heavy atom. The molecule has 2 heterocycles. The largest absolute Gasteiger partial charge is 0.376 e. The summed E-state index contributed by atoms with van der Waals surface area (Å²) in [5.74, 6) is -1.26. The Morgan fingerprint density at radius 2 is 2.10 bits per heavy atom. The monoisotopic (exact) mass is 337 g/mol. The number of imidazole rings is 1. The Balaban J connectivity index is 1.83. The molecular formula is C14H10BrF2N3. The SMILES string of the molecule is Fc1cc(F)c(NCc2cn3ccccc3n2)c(Br)c1. The molecule has 0 bridgehead atoms. The molecule has 0 unspecified atom stereocenters. The van der Waals surface area contributed by atoms with Crippen molar-refractivity contribution in [2.45, 2.75) is 6.54 Å². The third-order valence-corrected chi connectivity index (χ3v) is 3.49. The van der Waals surface area contributed by atoms with Gasteiger partial charge in [-0.05, 0) is 34.1 Å². The normalized spacial score (nSPS) is 10.9. The maximum Gasteiger partial charge on any atom is 0.150 e. The molecular weight excluding hydrogens is 328 g/mol. The first-order chi connectivity index (χ1) is 9.63. The van der Waals surface area contributed by atoms with Crippen molar-refractivity contribution in [2.75, 3.05) is 5.32 Å². The molecule has 0 aliphatic heterocycles. The third kappa shape index (κ3) is 2.51. The van der Waals surface area contributed by atoms with Crippen LogP contribution < -0.4 is 5.32 Å². The summed E-state index contributed by atoms with van der Waals surface area (Å²) in [5, 5.41) is 2.92. The molecule has 0 atom stereocenters. The molecule has 3 nitrogen and oxygen atoms in total. The van der Waals surface area contributed by atoms with Crippen molar-refractivity contribution < 1.29 is 8.78 Å². The molecule has 0 fully saturated rings. The minimum atomic E-state index is -0.638. The Labute approximate surface area is 122 Å². The van der Waals surface area contributed by atoms with Gasteiger partial charge in [0.15, 0.2) is 0 Å². The topological polar surface area (TPSA) is 29.3 Å². The Morgan fingerprint density at radius 1 is 1.25 bits per heavy atom. The number of nitrogens with zero attached hydrogens (tertiary/aromatic N) is 2. The molecule has 0 saturated carbocycles. The highest BCUT2D eigenvalue weighted by molar-refractivity contribution is 9.10. The summed E-state index contributed by atoms with van der Waals surface area (Å²) in [6.45, 7) is 0.350. The van der Waals surface area contributed by atoms with Crippen LogP contribution in [-0.2, 0) is 6.54 Å². The maximum absolute atomic E-state index is 13.7. The molecule has 0 saturated heterocycles. The smallest absolute Gasteiger partial charge is 0.150 e. The Kier molecular flexibility index (Phi) is 3.40. The van der Waals surface area contributed by atoms with Crippen molar-refractivity contribution in [3.05, 3.63) is 64.5 Å². The van der Waals surface area contributed by atoms with Crippen LogP contribution in [0.2, 0.25) is 0 Å². The van der Waals surface area contributed by atoms with E-state index in [-0.39, 0.29) is 5.69 Å². The summed E-state index contributed by atoms with van der Waals surface area (Å²) in [6, 6.07) is 7.75. The van der Waals surface area contributed by atoms with Crippen LogP contribution in [0.3, 0.4) is 0 Å². The van der Waals surface area contributed by atoms with Gasteiger partial charge in [-0.25, -0.2) is 13.8 Å². The fourth-order valence-corrected chi connectivity index (χ4v) is 2.51. The van der Waals surface area contributed by atoms with E-state index in [2.05, 4.69) is 26.2 Å². The van der Waals surface area contributed by atoms with Gasteiger partial charge in [0.25, 0.3) is 0 Å². The van der Waals surface area contributed by atoms with Crippen molar-refractivity contribution in [3.8, 4) is 0 Å². The zero-order valence-electron chi connectivity index (χ0n) is 10.3. The number of pyridine rings is 1. The lowest BCUT2D eigenvalue weighted by atomic mass is 10.3. The molecule has 6 heteroatoms. The van der Waals surface area contributed by atoms with E-state index in [1.165, 1.54) is 6.07 Å². The van der Waals surface area contributed by atoms with Gasteiger partial charge < -0.3 is 9.72 Å². The number of rotatable bonds is 3. The number of hydrogen-bond donors (Lipinski definition) is 1. The molecule has 0 aliphatic carbocycles. The summed E-state index contributed by atoms with van der Waals surface area (Å²) in [5.41, 5.74) is 1.82. The van der Waals surface area contributed by atoms with E-state index in [0.29, 0.717) is 11.0 Å². The van der Waals surface area contributed by atoms with Crippen LogP contribution in [-0.4, -0.2) is 9.38 Å². The quantitative estimate of drug-likeness (QED) is 0.783. The van der Waals surface area contributed by atoms with Crippen LogP contribution in [0, 0.1) is 11.6 Å². The van der Waals surface area contributed by atoms with Gasteiger partial charge in [0.2, 0.25) is 0 Å². The van der Waals surface area contributed by atoms with Crippen LogP contribution >= 0.6 is 15.9 Å². The third-order valence-electron chi connectivity index (χ3n) is 2.87. The van der Waals surface area contributed by atoms with Crippen molar-refractivity contribution in [2.24, 2.45) is 0 Å². The highest BCUT2D eigenvalue weighted by atomic mass is 79.9. The molecule has 0 amide bonds. The fourth-order valence-electron chi connectivity index (χ4n) is 1.96. The highest BCUT2D eigenvalue weighted by Crippen LogP contribution is 2.27. The fraction of sp³-hybridized carbons (Fsp3) is 0.0714. The molecule has 1 N–H and O–H groups in total. The van der Waals surface area contributed by atoms with Crippen LogP contribution in [0.1, 0.15) is 5.69 Å². The number of fused-ring (bicyclic) bond motifs is 1. The minimum absolute atomic E-state index is 0.225. The first-order valence-electron chi connectivity index (χ1n) is 5.94. The summed E-state index contributed by atoms with van der Waals surface area (Å²) in [4.78, 5) is 4.39. The summed E-state index contributed by atoms with van der Waals surface area (Å²) in [6.07, 6.45) is 3.75. The van der Waals surface area contributed by atoms with Gasteiger partial charge in [-0.15, -0.1) is 0 Å².